The van der Waals surface area contributed by atoms with E-state index >= 15 is 0 Å². The molecule has 0 unspecified atom stereocenters. The van der Waals surface area contributed by atoms with E-state index in [1.807, 2.05) is 18.2 Å². The van der Waals surface area contributed by atoms with Crippen LogP contribution in [0.15, 0.2) is 30.5 Å². The number of nitrogen functional groups attached to an aromatic ring is 1. The Hall–Kier alpha value is -2.54. The van der Waals surface area contributed by atoms with Crippen molar-refractivity contribution < 1.29 is 4.74 Å². The normalized spacial score (nSPS) is 10.3. The maximum Gasteiger partial charge on any atom is 0.141 e. The summed E-state index contributed by atoms with van der Waals surface area (Å²) in [5.74, 6) is 1.35. The van der Waals surface area contributed by atoms with E-state index in [0.717, 1.165) is 16.9 Å². The average Bonchev–Trinajstić information content (AvgIpc) is 2.46. The summed E-state index contributed by atoms with van der Waals surface area (Å²) in [6.45, 7) is 4.25. The highest BCUT2D eigenvalue weighted by molar-refractivity contribution is 5.79. The van der Waals surface area contributed by atoms with Gasteiger partial charge in [-0.1, -0.05) is 19.9 Å². The van der Waals surface area contributed by atoms with E-state index in [1.165, 1.54) is 5.56 Å². The van der Waals surface area contributed by atoms with Crippen LogP contribution >= 0.6 is 0 Å². The average molecular weight is 267 g/mol. The lowest BCUT2D eigenvalue weighted by Gasteiger charge is -2.14. The summed E-state index contributed by atoms with van der Waals surface area (Å²) in [6.07, 6.45) is 1.60. The minimum absolute atomic E-state index is 0.238. The number of nitrogens with two attached hydrogens (primary N) is 1. The van der Waals surface area contributed by atoms with Crippen LogP contribution in [-0.2, 0) is 0 Å². The van der Waals surface area contributed by atoms with E-state index in [0.29, 0.717) is 11.5 Å². The van der Waals surface area contributed by atoms with Gasteiger partial charge in [0.2, 0.25) is 0 Å². The molecule has 0 aliphatic rings. The van der Waals surface area contributed by atoms with Crippen LogP contribution < -0.4 is 10.5 Å². The summed E-state index contributed by atoms with van der Waals surface area (Å²) in [7, 11) is 1.62. The van der Waals surface area contributed by atoms with Crippen molar-refractivity contribution in [3.05, 3.63) is 41.6 Å². The van der Waals surface area contributed by atoms with Crippen molar-refractivity contribution in [1.29, 1.82) is 5.26 Å². The van der Waals surface area contributed by atoms with Crippen LogP contribution in [-0.4, -0.2) is 12.1 Å². The first-order valence-corrected chi connectivity index (χ1v) is 6.41. The summed E-state index contributed by atoms with van der Waals surface area (Å²) >= 11 is 0. The van der Waals surface area contributed by atoms with Gasteiger partial charge in [-0.25, -0.2) is 4.98 Å². The van der Waals surface area contributed by atoms with Crippen molar-refractivity contribution in [1.82, 2.24) is 4.98 Å². The molecule has 2 rings (SSSR count). The fraction of sp³-hybridized carbons (Fsp3) is 0.250. The lowest BCUT2D eigenvalue weighted by Crippen LogP contribution is -1.99. The molecule has 1 aromatic heterocycles. The Morgan fingerprint density at radius 1 is 1.25 bits per heavy atom. The van der Waals surface area contributed by atoms with Crippen LogP contribution in [0.25, 0.3) is 11.1 Å². The van der Waals surface area contributed by atoms with E-state index < -0.39 is 0 Å². The number of nitriles is 1. The molecule has 20 heavy (non-hydrogen) atoms. The quantitative estimate of drug-likeness (QED) is 0.925. The molecule has 4 heteroatoms. The number of nitrogens with zero attached hydrogens (tertiary/aromatic N) is 2. The minimum Gasteiger partial charge on any atom is -0.496 e. The molecule has 0 fully saturated rings. The minimum atomic E-state index is 0.238. The zero-order valence-corrected chi connectivity index (χ0v) is 11.8. The Labute approximate surface area is 118 Å². The lowest BCUT2D eigenvalue weighted by atomic mass is 9.95. The zero-order valence-electron chi connectivity index (χ0n) is 11.8. The third kappa shape index (κ3) is 2.43. The third-order valence-corrected chi connectivity index (χ3v) is 3.27. The highest BCUT2D eigenvalue weighted by atomic mass is 16.5. The molecular weight excluding hydrogens is 250 g/mol. The predicted molar refractivity (Wildman–Crippen MR) is 79.4 cm³/mol. The molecule has 0 aliphatic carbocycles. The summed E-state index contributed by atoms with van der Waals surface area (Å²) in [4.78, 5) is 3.96. The van der Waals surface area contributed by atoms with Gasteiger partial charge in [-0.05, 0) is 29.7 Å². The van der Waals surface area contributed by atoms with Crippen LogP contribution in [0, 0.1) is 11.3 Å². The molecule has 0 bridgehead atoms. The van der Waals surface area contributed by atoms with Gasteiger partial charge in [0, 0.05) is 17.3 Å². The maximum atomic E-state index is 9.29. The maximum absolute atomic E-state index is 9.29. The van der Waals surface area contributed by atoms with Gasteiger partial charge in [-0.15, -0.1) is 0 Å². The molecular formula is C16H17N3O. The van der Waals surface area contributed by atoms with E-state index in [-0.39, 0.29) is 5.82 Å². The molecule has 2 aromatic rings. The monoisotopic (exact) mass is 267 g/mol. The summed E-state index contributed by atoms with van der Waals surface area (Å²) in [6, 6.07) is 9.90. The SMILES string of the molecule is COc1ccc(C(C)C)cc1-c1ccnc(N)c1C#N. The number of pyridine rings is 1. The molecule has 4 nitrogen and oxygen atoms in total. The molecule has 0 spiro atoms. The van der Waals surface area contributed by atoms with Gasteiger partial charge in [0.1, 0.15) is 23.2 Å². The molecule has 1 aromatic carbocycles. The van der Waals surface area contributed by atoms with E-state index in [1.54, 1.807) is 19.4 Å². The smallest absolute Gasteiger partial charge is 0.141 e. The first-order valence-electron chi connectivity index (χ1n) is 6.41. The second-order valence-corrected chi connectivity index (χ2v) is 4.84. The molecule has 0 radical (unpaired) electrons. The molecule has 102 valence electrons. The first-order chi connectivity index (χ1) is 9.58. The van der Waals surface area contributed by atoms with Gasteiger partial charge >= 0.3 is 0 Å². The second kappa shape index (κ2) is 5.62. The van der Waals surface area contributed by atoms with Crippen molar-refractivity contribution in [3.8, 4) is 22.9 Å². The van der Waals surface area contributed by atoms with Crippen LogP contribution in [0.1, 0.15) is 30.9 Å². The van der Waals surface area contributed by atoms with Crippen LogP contribution in [0.2, 0.25) is 0 Å². The number of methoxy groups -OCH3 is 1. The van der Waals surface area contributed by atoms with Gasteiger partial charge < -0.3 is 10.5 Å². The topological polar surface area (TPSA) is 71.9 Å². The van der Waals surface area contributed by atoms with Crippen molar-refractivity contribution >= 4 is 5.82 Å². The van der Waals surface area contributed by atoms with Gasteiger partial charge in [-0.3, -0.25) is 0 Å². The van der Waals surface area contributed by atoms with Crippen molar-refractivity contribution in [2.24, 2.45) is 0 Å². The van der Waals surface area contributed by atoms with Crippen molar-refractivity contribution in [2.45, 2.75) is 19.8 Å². The molecule has 0 atom stereocenters. The van der Waals surface area contributed by atoms with E-state index in [9.17, 15) is 5.26 Å². The zero-order chi connectivity index (χ0) is 14.7. The lowest BCUT2D eigenvalue weighted by molar-refractivity contribution is 0.416. The van der Waals surface area contributed by atoms with Crippen molar-refractivity contribution in [2.75, 3.05) is 12.8 Å². The number of anilines is 1. The Balaban J connectivity index is 2.71. The Morgan fingerprint density at radius 2 is 2.00 bits per heavy atom. The molecule has 0 amide bonds. The van der Waals surface area contributed by atoms with Crippen LogP contribution in [0.4, 0.5) is 5.82 Å². The molecule has 1 heterocycles. The van der Waals surface area contributed by atoms with Gasteiger partial charge in [0.05, 0.1) is 7.11 Å². The first kappa shape index (κ1) is 13.9. The Morgan fingerprint density at radius 3 is 2.60 bits per heavy atom. The number of hydrogen-bond donors (Lipinski definition) is 1. The van der Waals surface area contributed by atoms with Gasteiger partial charge in [-0.2, -0.15) is 5.26 Å². The van der Waals surface area contributed by atoms with E-state index in [4.69, 9.17) is 10.5 Å². The van der Waals surface area contributed by atoms with Gasteiger partial charge in [0.25, 0.3) is 0 Å². The highest BCUT2D eigenvalue weighted by Gasteiger charge is 2.14. The summed E-state index contributed by atoms with van der Waals surface area (Å²) in [5, 5.41) is 9.29. The fourth-order valence-electron chi connectivity index (χ4n) is 2.12. The predicted octanol–water partition coefficient (Wildman–Crippen LogP) is 3.33. The van der Waals surface area contributed by atoms with Gasteiger partial charge in [0.15, 0.2) is 0 Å². The highest BCUT2D eigenvalue weighted by Crippen LogP contribution is 2.35. The standard InChI is InChI=1S/C16H17N3O/c1-10(2)11-4-5-15(20-3)13(8-11)12-6-7-19-16(18)14(12)9-17/h4-8,10H,1-3H3,(H2,18,19). The Bertz CT molecular complexity index is 672. The number of benzene rings is 1. The Kier molecular flexibility index (Phi) is 3.90. The van der Waals surface area contributed by atoms with Crippen LogP contribution in [0.3, 0.4) is 0 Å². The number of hydrogen-bond acceptors (Lipinski definition) is 4. The largest absolute Gasteiger partial charge is 0.496 e. The summed E-state index contributed by atoms with van der Waals surface area (Å²) < 4.78 is 5.40. The molecule has 0 saturated carbocycles. The number of ether oxygens (including phenoxy) is 1. The van der Waals surface area contributed by atoms with E-state index in [2.05, 4.69) is 24.9 Å². The molecule has 0 saturated heterocycles. The second-order valence-electron chi connectivity index (χ2n) is 4.84. The third-order valence-electron chi connectivity index (χ3n) is 3.27. The molecule has 0 aliphatic heterocycles. The number of rotatable bonds is 3. The molecule has 2 N–H and O–H groups in total. The van der Waals surface area contributed by atoms with Crippen LogP contribution in [0.5, 0.6) is 5.75 Å². The van der Waals surface area contributed by atoms with Crippen molar-refractivity contribution in [3.63, 3.8) is 0 Å². The fourth-order valence-corrected chi connectivity index (χ4v) is 2.12. The summed E-state index contributed by atoms with van der Waals surface area (Å²) in [5.41, 5.74) is 8.96. The number of aromatic nitrogens is 1.